The van der Waals surface area contributed by atoms with E-state index in [9.17, 15) is 19.2 Å². The molecule has 0 bridgehead atoms. The van der Waals surface area contributed by atoms with E-state index in [2.05, 4.69) is 5.32 Å². The van der Waals surface area contributed by atoms with E-state index < -0.39 is 29.9 Å². The minimum atomic E-state index is -1.10. The number of amides is 3. The number of nitrogens with one attached hydrogen (secondary N) is 1. The van der Waals surface area contributed by atoms with Gasteiger partial charge in [-0.25, -0.2) is 9.59 Å². The molecule has 1 unspecified atom stereocenters. The van der Waals surface area contributed by atoms with E-state index in [-0.39, 0.29) is 25.2 Å². The van der Waals surface area contributed by atoms with Gasteiger partial charge in [0.15, 0.2) is 0 Å². The largest absolute Gasteiger partial charge is 0.445 e. The Balaban J connectivity index is 1.58. The van der Waals surface area contributed by atoms with E-state index in [0.717, 1.165) is 11.1 Å². The highest BCUT2D eigenvalue weighted by Gasteiger charge is 2.35. The molecule has 0 saturated carbocycles. The average Bonchev–Trinajstić information content (AvgIpc) is 3.10. The molecule has 8 nitrogen and oxygen atoms in total. The molecule has 9 heteroatoms. The maximum absolute atomic E-state index is 12.6. The van der Waals surface area contributed by atoms with Crippen LogP contribution in [-0.4, -0.2) is 40.7 Å². The van der Waals surface area contributed by atoms with E-state index in [4.69, 9.17) is 9.57 Å². The number of alkyl carbamates (subject to hydrolysis) is 1. The topological polar surface area (TPSA) is 102 Å². The number of nitrogens with zero attached hydrogens (tertiary/aromatic N) is 1. The van der Waals surface area contributed by atoms with Gasteiger partial charge in [-0.2, -0.15) is 11.8 Å². The molecule has 162 valence electrons. The molecule has 1 fully saturated rings. The highest BCUT2D eigenvalue weighted by molar-refractivity contribution is 7.98. The quantitative estimate of drug-likeness (QED) is 0.596. The van der Waals surface area contributed by atoms with Crippen molar-refractivity contribution in [3.8, 4) is 0 Å². The molecule has 0 aromatic heterocycles. The molecule has 1 atom stereocenters. The van der Waals surface area contributed by atoms with Gasteiger partial charge in [0.1, 0.15) is 12.6 Å². The van der Waals surface area contributed by atoms with Crippen molar-refractivity contribution in [3.63, 3.8) is 0 Å². The number of imide groups is 1. The Kier molecular flexibility index (Phi) is 8.05. The van der Waals surface area contributed by atoms with Gasteiger partial charge in [0.25, 0.3) is 11.8 Å². The monoisotopic (exact) mass is 442 g/mol. The molecule has 31 heavy (non-hydrogen) atoms. The smallest absolute Gasteiger partial charge is 0.408 e. The van der Waals surface area contributed by atoms with E-state index in [0.29, 0.717) is 10.8 Å². The second kappa shape index (κ2) is 11.2. The number of hydroxylamine groups is 2. The van der Waals surface area contributed by atoms with Gasteiger partial charge in [0.2, 0.25) is 0 Å². The first-order valence-corrected chi connectivity index (χ1v) is 10.8. The minimum Gasteiger partial charge on any atom is -0.445 e. The summed E-state index contributed by atoms with van der Waals surface area (Å²) >= 11 is 1.40. The zero-order chi connectivity index (χ0) is 22.1. The summed E-state index contributed by atoms with van der Waals surface area (Å²) in [6.07, 6.45) is -0.816. The van der Waals surface area contributed by atoms with Crippen molar-refractivity contribution in [2.45, 2.75) is 31.2 Å². The number of thioether (sulfide) groups is 1. The first-order chi connectivity index (χ1) is 15.0. The van der Waals surface area contributed by atoms with Crippen LogP contribution < -0.4 is 5.32 Å². The molecule has 1 N–H and O–H groups in total. The predicted octanol–water partition coefficient (Wildman–Crippen LogP) is 2.82. The zero-order valence-electron chi connectivity index (χ0n) is 16.7. The van der Waals surface area contributed by atoms with Crippen molar-refractivity contribution >= 4 is 35.6 Å². The van der Waals surface area contributed by atoms with Gasteiger partial charge in [0, 0.05) is 24.3 Å². The Labute approximate surface area is 183 Å². The van der Waals surface area contributed by atoms with Crippen LogP contribution in [0.2, 0.25) is 0 Å². The Morgan fingerprint density at radius 2 is 1.52 bits per heavy atom. The molecule has 1 aliphatic heterocycles. The summed E-state index contributed by atoms with van der Waals surface area (Å²) in [6.45, 7) is 0.0364. The van der Waals surface area contributed by atoms with Crippen LogP contribution in [0.1, 0.15) is 24.0 Å². The number of ether oxygens (including phenoxy) is 1. The Hall–Kier alpha value is -3.33. The number of rotatable bonds is 9. The lowest BCUT2D eigenvalue weighted by Crippen LogP contribution is -2.47. The summed E-state index contributed by atoms with van der Waals surface area (Å²) in [7, 11) is 0. The summed E-state index contributed by atoms with van der Waals surface area (Å²) in [6, 6.07) is 17.6. The fraction of sp³-hybridized carbons (Fsp3) is 0.273. The van der Waals surface area contributed by atoms with Crippen LogP contribution in [0.25, 0.3) is 0 Å². The van der Waals surface area contributed by atoms with Crippen molar-refractivity contribution in [2.24, 2.45) is 0 Å². The molecule has 0 spiro atoms. The normalized spacial score (nSPS) is 14.3. The lowest BCUT2D eigenvalue weighted by atomic mass is 10.2. The molecule has 3 rings (SSSR count). The molecule has 3 amide bonds. The van der Waals surface area contributed by atoms with Crippen LogP contribution in [-0.2, 0) is 36.3 Å². The molecule has 1 saturated heterocycles. The van der Waals surface area contributed by atoms with E-state index in [1.165, 1.54) is 11.8 Å². The van der Waals surface area contributed by atoms with Gasteiger partial charge < -0.3 is 14.9 Å². The Bertz CT molecular complexity index is 906. The number of hydrogen-bond acceptors (Lipinski definition) is 7. The summed E-state index contributed by atoms with van der Waals surface area (Å²) in [5.41, 5.74) is 1.85. The molecule has 2 aromatic carbocycles. The van der Waals surface area contributed by atoms with Crippen molar-refractivity contribution in [3.05, 3.63) is 71.8 Å². The summed E-state index contributed by atoms with van der Waals surface area (Å²) in [5.74, 6) is -1.29. The second-order valence-corrected chi connectivity index (χ2v) is 7.78. The molecule has 2 aromatic rings. The number of carbonyl (C=O) groups excluding carboxylic acids is 4. The van der Waals surface area contributed by atoms with Gasteiger partial charge >= 0.3 is 12.1 Å². The first kappa shape index (κ1) is 22.4. The predicted molar refractivity (Wildman–Crippen MR) is 113 cm³/mol. The number of carbonyl (C=O) groups is 4. The summed E-state index contributed by atoms with van der Waals surface area (Å²) in [5, 5.41) is 2.94. The number of hydrogen-bond donors (Lipinski definition) is 1. The summed E-state index contributed by atoms with van der Waals surface area (Å²) in [4.78, 5) is 53.3. The lowest BCUT2D eigenvalue weighted by Gasteiger charge is -2.20. The van der Waals surface area contributed by atoms with Gasteiger partial charge in [-0.05, 0) is 11.1 Å². The molecule has 1 aliphatic rings. The van der Waals surface area contributed by atoms with Crippen LogP contribution >= 0.6 is 11.8 Å². The molecular formula is C22H22N2O6S. The molecular weight excluding hydrogens is 420 g/mol. The first-order valence-electron chi connectivity index (χ1n) is 9.69. The average molecular weight is 442 g/mol. The Morgan fingerprint density at radius 1 is 0.935 bits per heavy atom. The molecule has 0 aliphatic carbocycles. The van der Waals surface area contributed by atoms with Gasteiger partial charge in [-0.3, -0.25) is 9.59 Å². The maximum atomic E-state index is 12.6. The minimum absolute atomic E-state index is 0.00785. The maximum Gasteiger partial charge on any atom is 0.408 e. The fourth-order valence-electron chi connectivity index (χ4n) is 2.76. The Morgan fingerprint density at radius 3 is 2.13 bits per heavy atom. The third-order valence-electron chi connectivity index (χ3n) is 4.37. The molecule has 1 heterocycles. The SMILES string of the molecule is O=C(NC(CSCc1ccccc1)C(=O)ON1C(=O)CCC1=O)OCc1ccccc1. The van der Waals surface area contributed by atoms with Crippen LogP contribution in [0.5, 0.6) is 0 Å². The third kappa shape index (κ3) is 6.85. The second-order valence-electron chi connectivity index (χ2n) is 6.75. The standard InChI is InChI=1S/C22H22N2O6S/c25-19-11-12-20(26)24(19)30-21(27)18(15-31-14-17-9-5-2-6-10-17)23-22(28)29-13-16-7-3-1-4-8-16/h1-10,18H,11-15H2,(H,23,28). The third-order valence-corrected chi connectivity index (χ3v) is 5.48. The van der Waals surface area contributed by atoms with Crippen molar-refractivity contribution in [1.29, 1.82) is 0 Å². The van der Waals surface area contributed by atoms with Crippen LogP contribution in [0.4, 0.5) is 4.79 Å². The van der Waals surface area contributed by atoms with Crippen molar-refractivity contribution in [2.75, 3.05) is 5.75 Å². The van der Waals surface area contributed by atoms with Crippen molar-refractivity contribution in [1.82, 2.24) is 10.4 Å². The van der Waals surface area contributed by atoms with Gasteiger partial charge in [0.05, 0.1) is 0 Å². The fourth-order valence-corrected chi connectivity index (χ4v) is 3.76. The van der Waals surface area contributed by atoms with E-state index in [1.807, 2.05) is 48.5 Å². The van der Waals surface area contributed by atoms with Gasteiger partial charge in [-0.15, -0.1) is 5.06 Å². The molecule has 0 radical (unpaired) electrons. The number of benzene rings is 2. The summed E-state index contributed by atoms with van der Waals surface area (Å²) < 4.78 is 5.17. The van der Waals surface area contributed by atoms with Crippen LogP contribution in [0.3, 0.4) is 0 Å². The lowest BCUT2D eigenvalue weighted by molar-refractivity contribution is -0.198. The van der Waals surface area contributed by atoms with Crippen LogP contribution in [0, 0.1) is 0 Å². The van der Waals surface area contributed by atoms with Crippen LogP contribution in [0.15, 0.2) is 60.7 Å². The highest BCUT2D eigenvalue weighted by atomic mass is 32.2. The van der Waals surface area contributed by atoms with E-state index in [1.54, 1.807) is 12.1 Å². The van der Waals surface area contributed by atoms with Crippen molar-refractivity contribution < 1.29 is 28.8 Å². The van der Waals surface area contributed by atoms with Gasteiger partial charge in [-0.1, -0.05) is 60.7 Å². The zero-order valence-corrected chi connectivity index (χ0v) is 17.5. The van der Waals surface area contributed by atoms with E-state index >= 15 is 0 Å². The highest BCUT2D eigenvalue weighted by Crippen LogP contribution is 2.16.